The first kappa shape index (κ1) is 16.6. The van der Waals surface area contributed by atoms with Gasteiger partial charge in [0.25, 0.3) is 0 Å². The average Bonchev–Trinajstić information content (AvgIpc) is 2.61. The van der Waals surface area contributed by atoms with Crippen molar-refractivity contribution in [1.82, 2.24) is 10.2 Å². The summed E-state index contributed by atoms with van der Waals surface area (Å²) in [5.74, 6) is 0.996. The number of hydrogen-bond acceptors (Lipinski definition) is 4. The van der Waals surface area contributed by atoms with E-state index in [0.29, 0.717) is 0 Å². The third kappa shape index (κ3) is 4.85. The molecule has 2 heterocycles. The lowest BCUT2D eigenvalue weighted by Gasteiger charge is -2.33. The molecule has 2 aliphatic rings. The number of piperazine rings is 1. The van der Waals surface area contributed by atoms with E-state index in [4.69, 9.17) is 4.74 Å². The Balaban J connectivity index is 1.38. The SMILES string of the molecule is CC1CCCCN1CCCOc1ccc(N2CCNCC2)cc1. The van der Waals surface area contributed by atoms with Crippen LogP contribution in [0.1, 0.15) is 32.6 Å². The second-order valence-electron chi connectivity index (χ2n) is 6.81. The molecule has 0 radical (unpaired) electrons. The molecule has 1 unspecified atom stereocenters. The van der Waals surface area contributed by atoms with Crippen molar-refractivity contribution in [2.75, 3.05) is 50.8 Å². The second kappa shape index (κ2) is 8.55. The lowest BCUT2D eigenvalue weighted by Crippen LogP contribution is -2.43. The molecule has 4 nitrogen and oxygen atoms in total. The van der Waals surface area contributed by atoms with E-state index < -0.39 is 0 Å². The van der Waals surface area contributed by atoms with Crippen LogP contribution in [0.25, 0.3) is 0 Å². The fraction of sp³-hybridized carbons (Fsp3) is 0.684. The summed E-state index contributed by atoms with van der Waals surface area (Å²) >= 11 is 0. The molecule has 1 aromatic rings. The maximum atomic E-state index is 5.92. The number of hydrogen-bond donors (Lipinski definition) is 1. The molecule has 0 bridgehead atoms. The molecule has 128 valence electrons. The van der Waals surface area contributed by atoms with Crippen LogP contribution in [0.5, 0.6) is 5.75 Å². The Morgan fingerprint density at radius 3 is 2.61 bits per heavy atom. The predicted octanol–water partition coefficient (Wildman–Crippen LogP) is 2.74. The van der Waals surface area contributed by atoms with Gasteiger partial charge in [0.15, 0.2) is 0 Å². The van der Waals surface area contributed by atoms with Gasteiger partial charge in [-0.2, -0.15) is 0 Å². The largest absolute Gasteiger partial charge is 0.494 e. The van der Waals surface area contributed by atoms with Crippen molar-refractivity contribution in [3.8, 4) is 5.75 Å². The van der Waals surface area contributed by atoms with Gasteiger partial charge in [0, 0.05) is 44.5 Å². The number of rotatable bonds is 6. The second-order valence-corrected chi connectivity index (χ2v) is 6.81. The number of anilines is 1. The zero-order valence-electron chi connectivity index (χ0n) is 14.5. The third-order valence-corrected chi connectivity index (χ3v) is 5.12. The third-order valence-electron chi connectivity index (χ3n) is 5.12. The molecule has 1 aromatic carbocycles. The zero-order valence-corrected chi connectivity index (χ0v) is 14.5. The minimum Gasteiger partial charge on any atom is -0.494 e. The van der Waals surface area contributed by atoms with Gasteiger partial charge in [0.05, 0.1) is 6.61 Å². The van der Waals surface area contributed by atoms with E-state index in [1.165, 1.54) is 38.0 Å². The standard InChI is InChI=1S/C19H31N3O/c1-17-5-2-3-12-21(17)13-4-16-23-19-8-6-18(7-9-19)22-14-10-20-11-15-22/h6-9,17,20H,2-5,10-16H2,1H3. The van der Waals surface area contributed by atoms with Crippen molar-refractivity contribution in [2.45, 2.75) is 38.6 Å². The van der Waals surface area contributed by atoms with Crippen LogP contribution < -0.4 is 15.0 Å². The van der Waals surface area contributed by atoms with Crippen molar-refractivity contribution in [3.63, 3.8) is 0 Å². The molecule has 3 rings (SSSR count). The van der Waals surface area contributed by atoms with Crippen LogP contribution in [0.15, 0.2) is 24.3 Å². The van der Waals surface area contributed by atoms with Crippen LogP contribution in [0.2, 0.25) is 0 Å². The Bertz CT molecular complexity index is 456. The van der Waals surface area contributed by atoms with Gasteiger partial charge in [-0.25, -0.2) is 0 Å². The van der Waals surface area contributed by atoms with Crippen LogP contribution in [-0.4, -0.2) is 56.8 Å². The molecule has 1 atom stereocenters. The van der Waals surface area contributed by atoms with Gasteiger partial charge in [-0.3, -0.25) is 0 Å². The van der Waals surface area contributed by atoms with Crippen LogP contribution in [0.3, 0.4) is 0 Å². The molecule has 0 aromatic heterocycles. The summed E-state index contributed by atoms with van der Waals surface area (Å²) in [4.78, 5) is 5.04. The summed E-state index contributed by atoms with van der Waals surface area (Å²) < 4.78 is 5.92. The summed E-state index contributed by atoms with van der Waals surface area (Å²) in [6.45, 7) is 9.94. The maximum absolute atomic E-state index is 5.92. The van der Waals surface area contributed by atoms with E-state index in [1.807, 2.05) is 0 Å². The molecular weight excluding hydrogens is 286 g/mol. The highest BCUT2D eigenvalue weighted by molar-refractivity contribution is 5.49. The fourth-order valence-corrected chi connectivity index (χ4v) is 3.62. The summed E-state index contributed by atoms with van der Waals surface area (Å²) in [6.07, 6.45) is 5.23. The van der Waals surface area contributed by atoms with Crippen molar-refractivity contribution in [2.24, 2.45) is 0 Å². The smallest absolute Gasteiger partial charge is 0.119 e. The van der Waals surface area contributed by atoms with E-state index >= 15 is 0 Å². The van der Waals surface area contributed by atoms with Gasteiger partial charge in [0.1, 0.15) is 5.75 Å². The normalized spacial score (nSPS) is 23.0. The van der Waals surface area contributed by atoms with Gasteiger partial charge in [-0.05, 0) is 57.0 Å². The molecule has 0 spiro atoms. The van der Waals surface area contributed by atoms with Crippen LogP contribution in [0, 0.1) is 0 Å². The van der Waals surface area contributed by atoms with E-state index in [9.17, 15) is 0 Å². The lowest BCUT2D eigenvalue weighted by atomic mass is 10.0. The number of benzene rings is 1. The highest BCUT2D eigenvalue weighted by Gasteiger charge is 2.17. The highest BCUT2D eigenvalue weighted by atomic mass is 16.5. The Kier molecular flexibility index (Phi) is 6.17. The van der Waals surface area contributed by atoms with E-state index in [0.717, 1.165) is 51.0 Å². The first-order chi connectivity index (χ1) is 11.3. The van der Waals surface area contributed by atoms with Gasteiger partial charge < -0.3 is 19.9 Å². The van der Waals surface area contributed by atoms with Crippen molar-refractivity contribution < 1.29 is 4.74 Å². The molecule has 1 N–H and O–H groups in total. The Labute approximate surface area is 140 Å². The molecule has 23 heavy (non-hydrogen) atoms. The Morgan fingerprint density at radius 1 is 1.09 bits per heavy atom. The van der Waals surface area contributed by atoms with Crippen molar-refractivity contribution in [1.29, 1.82) is 0 Å². The topological polar surface area (TPSA) is 27.7 Å². The summed E-state index contributed by atoms with van der Waals surface area (Å²) in [5, 5.41) is 3.39. The molecule has 2 fully saturated rings. The van der Waals surface area contributed by atoms with E-state index in [-0.39, 0.29) is 0 Å². The molecule has 0 amide bonds. The number of ether oxygens (including phenoxy) is 1. The first-order valence-electron chi connectivity index (χ1n) is 9.25. The molecule has 4 heteroatoms. The lowest BCUT2D eigenvalue weighted by molar-refractivity contribution is 0.148. The molecule has 0 saturated carbocycles. The van der Waals surface area contributed by atoms with Gasteiger partial charge in [-0.15, -0.1) is 0 Å². The molecule has 2 saturated heterocycles. The summed E-state index contributed by atoms with van der Waals surface area (Å²) in [5.41, 5.74) is 1.31. The van der Waals surface area contributed by atoms with Crippen LogP contribution in [0.4, 0.5) is 5.69 Å². The number of nitrogens with zero attached hydrogens (tertiary/aromatic N) is 2. The minimum absolute atomic E-state index is 0.752. The Morgan fingerprint density at radius 2 is 1.87 bits per heavy atom. The number of piperidine rings is 1. The predicted molar refractivity (Wildman–Crippen MR) is 96.5 cm³/mol. The summed E-state index contributed by atoms with van der Waals surface area (Å²) in [7, 11) is 0. The molecule has 0 aliphatic carbocycles. The van der Waals surface area contributed by atoms with Crippen LogP contribution >= 0.6 is 0 Å². The van der Waals surface area contributed by atoms with Gasteiger partial charge >= 0.3 is 0 Å². The fourth-order valence-electron chi connectivity index (χ4n) is 3.62. The zero-order chi connectivity index (χ0) is 15.9. The average molecular weight is 317 g/mol. The van der Waals surface area contributed by atoms with Gasteiger partial charge in [-0.1, -0.05) is 6.42 Å². The monoisotopic (exact) mass is 317 g/mol. The molecular formula is C19H31N3O. The highest BCUT2D eigenvalue weighted by Crippen LogP contribution is 2.20. The van der Waals surface area contributed by atoms with E-state index in [2.05, 4.69) is 46.3 Å². The quantitative estimate of drug-likeness (QED) is 0.817. The minimum atomic E-state index is 0.752. The van der Waals surface area contributed by atoms with Crippen molar-refractivity contribution in [3.05, 3.63) is 24.3 Å². The summed E-state index contributed by atoms with van der Waals surface area (Å²) in [6, 6.07) is 9.35. The Hall–Kier alpha value is -1.26. The maximum Gasteiger partial charge on any atom is 0.119 e. The van der Waals surface area contributed by atoms with Crippen LogP contribution in [-0.2, 0) is 0 Å². The van der Waals surface area contributed by atoms with E-state index in [1.54, 1.807) is 0 Å². The number of nitrogens with one attached hydrogen (secondary N) is 1. The van der Waals surface area contributed by atoms with Crippen molar-refractivity contribution >= 4 is 5.69 Å². The van der Waals surface area contributed by atoms with Gasteiger partial charge in [0.2, 0.25) is 0 Å². The first-order valence-corrected chi connectivity index (χ1v) is 9.25. The number of likely N-dealkylation sites (tertiary alicyclic amines) is 1. The molecule has 2 aliphatic heterocycles.